The zero-order chi connectivity index (χ0) is 34.4. The van der Waals surface area contributed by atoms with Gasteiger partial charge in [-0.25, -0.2) is 4.40 Å². The molecule has 0 radical (unpaired) electrons. The van der Waals surface area contributed by atoms with Crippen molar-refractivity contribution in [1.29, 1.82) is 15.9 Å². The van der Waals surface area contributed by atoms with E-state index in [0.29, 0.717) is 22.6 Å². The minimum Gasteiger partial charge on any atom is -0.361 e. The first kappa shape index (κ1) is 33.5. The molecule has 6 heterocycles. The zero-order valence-electron chi connectivity index (χ0n) is 26.6. The second kappa shape index (κ2) is 13.7. The lowest BCUT2D eigenvalue weighted by molar-refractivity contribution is 0.557. The van der Waals surface area contributed by atoms with Gasteiger partial charge in [0.05, 0.1) is 55.3 Å². The van der Waals surface area contributed by atoms with E-state index in [1.807, 2.05) is 42.2 Å². The van der Waals surface area contributed by atoms with E-state index in [9.17, 15) is 15.9 Å². The van der Waals surface area contributed by atoms with Crippen LogP contribution in [0.3, 0.4) is 0 Å². The third-order valence-electron chi connectivity index (χ3n) is 8.76. The van der Waals surface area contributed by atoms with Gasteiger partial charge in [-0.2, -0.15) is 10.5 Å². The molecular formula is C37H29N6PS5. The molecule has 0 aromatic carbocycles. The molecule has 1 aliphatic carbocycles. The average Bonchev–Trinajstić information content (AvgIpc) is 3.95. The highest BCUT2D eigenvalue weighted by Gasteiger charge is 2.51. The number of nitrogens with zero attached hydrogens (tertiary/aromatic N) is 5. The number of fused-ring (bicyclic) bond motifs is 7. The minimum atomic E-state index is -0.212. The maximum atomic E-state index is 10.1. The van der Waals surface area contributed by atoms with E-state index in [2.05, 4.69) is 79.6 Å². The van der Waals surface area contributed by atoms with E-state index >= 15 is 0 Å². The van der Waals surface area contributed by atoms with E-state index in [1.54, 1.807) is 34.0 Å². The lowest BCUT2D eigenvalue weighted by Gasteiger charge is -2.36. The van der Waals surface area contributed by atoms with Gasteiger partial charge in [0.25, 0.3) is 0 Å². The number of thiophene rings is 4. The number of thiol groups is 1. The summed E-state index contributed by atoms with van der Waals surface area (Å²) in [5.74, 6) is 4.30. The third-order valence-corrected chi connectivity index (χ3v) is 13.8. The first-order valence-corrected chi connectivity index (χ1v) is 19.9. The third kappa shape index (κ3) is 5.58. The van der Waals surface area contributed by atoms with Gasteiger partial charge in [0.1, 0.15) is 17.9 Å². The van der Waals surface area contributed by atoms with E-state index < -0.39 is 0 Å². The first-order valence-electron chi connectivity index (χ1n) is 15.7. The number of hydrogen-bond acceptors (Lipinski definition) is 10. The monoisotopic (exact) mass is 748 g/mol. The number of rotatable bonds is 9. The fourth-order valence-electron chi connectivity index (χ4n) is 6.86. The summed E-state index contributed by atoms with van der Waals surface area (Å²) < 4.78 is 7.97. The normalized spacial score (nSPS) is 17.9. The highest BCUT2D eigenvalue weighted by atomic mass is 32.1. The number of nitrogens with one attached hydrogen (secondary N) is 1. The van der Waals surface area contributed by atoms with Gasteiger partial charge in [0.15, 0.2) is 0 Å². The number of allylic oxidation sites excluding steroid dienone is 2. The smallest absolute Gasteiger partial charge is 0.103 e. The van der Waals surface area contributed by atoms with Gasteiger partial charge in [-0.15, -0.1) is 60.6 Å². The van der Waals surface area contributed by atoms with Crippen LogP contribution in [-0.2, 0) is 6.54 Å². The van der Waals surface area contributed by atoms with Crippen LogP contribution in [0.15, 0.2) is 40.8 Å². The predicted octanol–water partition coefficient (Wildman–Crippen LogP) is 10.4. The van der Waals surface area contributed by atoms with Gasteiger partial charge in [-0.05, 0) is 80.0 Å². The number of aryl methyl sites for hydroxylation is 1. The van der Waals surface area contributed by atoms with Gasteiger partial charge in [0.2, 0.25) is 0 Å². The summed E-state index contributed by atoms with van der Waals surface area (Å²) >= 11 is 10.8. The molecule has 5 aromatic heterocycles. The standard InChI is InChI=1S/C37H29N6PS5/c1-4-11-42-26-15-24(13-20(17-38)28-9-7-22(6-3)46-28)48-36(26)30-32(40)33(41-45)31-35(34(30)42)43(12-5-2)27-16-25(49-37(27)31)14-21(18-39)29-10-8-23(19-44)47-29/h3,7-10,13-16,19,30,34,40,44-45H,4-5,11-12H2,1-2H3/b20-13+,21-14+,40-32?,41-33?. The van der Waals surface area contributed by atoms with Gasteiger partial charge in [-0.3, -0.25) is 0 Å². The number of anilines is 1. The molecule has 0 saturated heterocycles. The Bertz CT molecular complexity index is 2390. The molecule has 7 rings (SSSR count). The Morgan fingerprint density at radius 2 is 1.67 bits per heavy atom. The van der Waals surface area contributed by atoms with Crippen molar-refractivity contribution in [3.8, 4) is 24.5 Å². The Balaban J connectivity index is 1.37. The highest BCUT2D eigenvalue weighted by Crippen LogP contribution is 2.58. The van der Waals surface area contributed by atoms with Gasteiger partial charge >= 0.3 is 0 Å². The molecule has 49 heavy (non-hydrogen) atoms. The topological polar surface area (TPSA) is 92.0 Å². The van der Waals surface area contributed by atoms with Crippen LogP contribution >= 0.6 is 67.0 Å². The van der Waals surface area contributed by atoms with Crippen LogP contribution in [0.5, 0.6) is 0 Å². The molecule has 6 nitrogen and oxygen atoms in total. The summed E-state index contributed by atoms with van der Waals surface area (Å²) in [7, 11) is 3.45. The van der Waals surface area contributed by atoms with Crippen LogP contribution < -0.4 is 4.90 Å². The van der Waals surface area contributed by atoms with Gasteiger partial charge < -0.3 is 14.9 Å². The Morgan fingerprint density at radius 1 is 0.980 bits per heavy atom. The largest absolute Gasteiger partial charge is 0.361 e. The summed E-state index contributed by atoms with van der Waals surface area (Å²) in [4.78, 5) is 9.14. The van der Waals surface area contributed by atoms with Crippen LogP contribution in [0.25, 0.3) is 33.5 Å². The summed E-state index contributed by atoms with van der Waals surface area (Å²) in [6.45, 7) is 6.01. The van der Waals surface area contributed by atoms with Crippen molar-refractivity contribution in [3.05, 3.63) is 81.8 Å². The molecule has 0 saturated carbocycles. The fraction of sp³-hybridized carbons (Fsp3) is 0.216. The van der Waals surface area contributed by atoms with E-state index in [1.165, 1.54) is 17.0 Å². The summed E-state index contributed by atoms with van der Waals surface area (Å²) in [6.07, 6.45) is 11.4. The first-order chi connectivity index (χ1) is 23.9. The second-order valence-electron chi connectivity index (χ2n) is 11.6. The molecule has 0 spiro atoms. The van der Waals surface area contributed by atoms with Crippen molar-refractivity contribution < 1.29 is 0 Å². The maximum Gasteiger partial charge on any atom is 0.103 e. The molecule has 0 amide bonds. The SMILES string of the molecule is C#Cc1ccc(/C(C#N)=C/c2cc3c(s2)C2C(=N)C(=NS)c4c(n(CCC)c5cc(/C=C(\C#N)c6ccc(C=P)s6)sc45)C2N3CCC)s1. The highest BCUT2D eigenvalue weighted by molar-refractivity contribution is 7.79. The molecule has 0 fully saturated rings. The van der Waals surface area contributed by atoms with Crippen LogP contribution in [-0.4, -0.2) is 28.3 Å². The number of aromatic nitrogens is 1. The van der Waals surface area contributed by atoms with Crippen LogP contribution in [0.1, 0.15) is 84.0 Å². The Kier molecular flexibility index (Phi) is 9.39. The van der Waals surface area contributed by atoms with Crippen molar-refractivity contribution in [3.63, 3.8) is 0 Å². The molecule has 12 heteroatoms. The van der Waals surface area contributed by atoms with Crippen molar-refractivity contribution in [1.82, 2.24) is 4.57 Å². The van der Waals surface area contributed by atoms with Crippen LogP contribution in [0, 0.1) is 40.4 Å². The van der Waals surface area contributed by atoms with E-state index in [0.717, 1.165) is 81.5 Å². The zero-order valence-corrected chi connectivity index (χ0v) is 31.7. The molecule has 2 aliphatic rings. The fourth-order valence-corrected chi connectivity index (χ4v) is 11.3. The minimum absolute atomic E-state index is 0.0591. The summed E-state index contributed by atoms with van der Waals surface area (Å²) in [6, 6.07) is 16.8. The van der Waals surface area contributed by atoms with E-state index in [4.69, 9.17) is 6.42 Å². The number of hydrogen-bond donors (Lipinski definition) is 2. The Hall–Kier alpha value is -3.98. The second-order valence-corrected chi connectivity index (χ2v) is 16.5. The van der Waals surface area contributed by atoms with Gasteiger partial charge in [-0.1, -0.05) is 19.8 Å². The van der Waals surface area contributed by atoms with Crippen molar-refractivity contribution in [2.45, 2.75) is 45.2 Å². The number of terminal acetylenes is 1. The van der Waals surface area contributed by atoms with Crippen LogP contribution in [0.4, 0.5) is 5.69 Å². The van der Waals surface area contributed by atoms with Crippen molar-refractivity contribution in [2.24, 2.45) is 4.40 Å². The lowest BCUT2D eigenvalue weighted by Crippen LogP contribution is -2.39. The molecule has 2 atom stereocenters. The molecule has 1 aliphatic heterocycles. The predicted molar refractivity (Wildman–Crippen MR) is 218 cm³/mol. The quantitative estimate of drug-likeness (QED) is 0.0680. The van der Waals surface area contributed by atoms with Gasteiger partial charge in [0, 0.05) is 47.9 Å². The molecule has 2 unspecified atom stereocenters. The van der Waals surface area contributed by atoms with Crippen LogP contribution in [0.2, 0.25) is 0 Å². The maximum absolute atomic E-state index is 10.1. The van der Waals surface area contributed by atoms with Crippen molar-refractivity contribution in [2.75, 3.05) is 11.4 Å². The lowest BCUT2D eigenvalue weighted by atomic mass is 9.81. The average molecular weight is 749 g/mol. The number of nitriles is 2. The summed E-state index contributed by atoms with van der Waals surface area (Å²) in [5.41, 5.74) is 6.61. The molecule has 5 aromatic rings. The molecule has 242 valence electrons. The molecular weight excluding hydrogens is 720 g/mol. The Labute approximate surface area is 309 Å². The summed E-state index contributed by atoms with van der Waals surface area (Å²) in [5, 5.41) is 29.7. The molecule has 0 bridgehead atoms. The van der Waals surface area contributed by atoms with Crippen molar-refractivity contribution >= 4 is 123 Å². The Morgan fingerprint density at radius 3 is 2.29 bits per heavy atom. The molecule has 1 N–H and O–H groups in total. The van der Waals surface area contributed by atoms with E-state index in [-0.39, 0.29) is 12.0 Å².